The lowest BCUT2D eigenvalue weighted by Crippen LogP contribution is -2.30. The van der Waals surface area contributed by atoms with Crippen LogP contribution in [-0.2, 0) is 11.3 Å². The molecule has 7 heteroatoms. The topological polar surface area (TPSA) is 64.0 Å². The number of fused-ring (bicyclic) bond motifs is 1. The third-order valence-corrected chi connectivity index (χ3v) is 5.61. The van der Waals surface area contributed by atoms with Crippen LogP contribution in [0.3, 0.4) is 0 Å². The fraction of sp³-hybridized carbons (Fsp3) is 0.0870. The van der Waals surface area contributed by atoms with Gasteiger partial charge in [0.25, 0.3) is 0 Å². The fourth-order valence-electron chi connectivity index (χ4n) is 3.27. The standard InChI is InChI=1S/C23H18ClN3O2S/c1-30-18-9-5-8-17(13-18)25-21(28)14-27-20-11-10-16(24)12-19(20)22(26-23(27)29)15-6-3-2-4-7-15/h2-13H,14H2,1H3,(H,25,28). The Hall–Kier alpha value is -3.09. The van der Waals surface area contributed by atoms with Crippen LogP contribution in [-0.4, -0.2) is 21.7 Å². The van der Waals surface area contributed by atoms with Crippen LogP contribution < -0.4 is 11.0 Å². The third kappa shape index (κ3) is 4.25. The molecule has 4 aromatic rings. The maximum absolute atomic E-state index is 12.8. The third-order valence-electron chi connectivity index (χ3n) is 4.65. The number of hydrogen-bond acceptors (Lipinski definition) is 4. The average Bonchev–Trinajstić information content (AvgIpc) is 2.76. The summed E-state index contributed by atoms with van der Waals surface area (Å²) >= 11 is 7.81. The number of benzene rings is 3. The molecule has 1 N–H and O–H groups in total. The summed E-state index contributed by atoms with van der Waals surface area (Å²) in [4.78, 5) is 30.8. The van der Waals surface area contributed by atoms with Crippen molar-refractivity contribution < 1.29 is 4.79 Å². The lowest BCUT2D eigenvalue weighted by Gasteiger charge is -2.13. The predicted octanol–water partition coefficient (Wildman–Crippen LogP) is 5.08. The van der Waals surface area contributed by atoms with Crippen molar-refractivity contribution in [3.05, 3.63) is 88.3 Å². The van der Waals surface area contributed by atoms with Gasteiger partial charge >= 0.3 is 5.69 Å². The molecule has 0 aliphatic carbocycles. The predicted molar refractivity (Wildman–Crippen MR) is 123 cm³/mol. The molecule has 5 nitrogen and oxygen atoms in total. The molecule has 0 saturated carbocycles. The number of carbonyl (C=O) groups is 1. The minimum absolute atomic E-state index is 0.150. The number of nitrogens with zero attached hydrogens (tertiary/aromatic N) is 2. The Bertz CT molecular complexity index is 1290. The van der Waals surface area contributed by atoms with Crippen molar-refractivity contribution in [1.29, 1.82) is 0 Å². The molecule has 30 heavy (non-hydrogen) atoms. The number of halogens is 1. The Balaban J connectivity index is 1.73. The summed E-state index contributed by atoms with van der Waals surface area (Å²) < 4.78 is 1.37. The Labute approximate surface area is 182 Å². The summed E-state index contributed by atoms with van der Waals surface area (Å²) in [6.45, 7) is -0.150. The first-order valence-corrected chi connectivity index (χ1v) is 10.8. The van der Waals surface area contributed by atoms with E-state index in [9.17, 15) is 9.59 Å². The molecule has 0 aliphatic heterocycles. The quantitative estimate of drug-likeness (QED) is 0.444. The maximum Gasteiger partial charge on any atom is 0.349 e. The van der Waals surface area contributed by atoms with E-state index in [1.807, 2.05) is 60.9 Å². The highest BCUT2D eigenvalue weighted by atomic mass is 35.5. The second-order valence-corrected chi connectivity index (χ2v) is 7.95. The minimum Gasteiger partial charge on any atom is -0.324 e. The number of aromatic nitrogens is 2. The fourth-order valence-corrected chi connectivity index (χ4v) is 3.90. The Morgan fingerprint density at radius 3 is 2.63 bits per heavy atom. The van der Waals surface area contributed by atoms with Crippen molar-refractivity contribution in [1.82, 2.24) is 9.55 Å². The summed E-state index contributed by atoms with van der Waals surface area (Å²) in [5, 5.41) is 4.09. The van der Waals surface area contributed by atoms with E-state index in [0.29, 0.717) is 27.3 Å². The van der Waals surface area contributed by atoms with Gasteiger partial charge in [-0.25, -0.2) is 4.79 Å². The van der Waals surface area contributed by atoms with Crippen molar-refractivity contribution in [3.63, 3.8) is 0 Å². The van der Waals surface area contributed by atoms with Gasteiger partial charge in [-0.1, -0.05) is 48.0 Å². The van der Waals surface area contributed by atoms with E-state index >= 15 is 0 Å². The van der Waals surface area contributed by atoms with Crippen LogP contribution in [0.1, 0.15) is 0 Å². The van der Waals surface area contributed by atoms with Crippen molar-refractivity contribution in [2.24, 2.45) is 0 Å². The summed E-state index contributed by atoms with van der Waals surface area (Å²) in [6.07, 6.45) is 1.97. The van der Waals surface area contributed by atoms with E-state index in [2.05, 4.69) is 10.3 Å². The van der Waals surface area contributed by atoms with Crippen LogP contribution in [0, 0.1) is 0 Å². The molecule has 1 amide bonds. The van der Waals surface area contributed by atoms with Gasteiger partial charge in [0, 0.05) is 26.6 Å². The summed E-state index contributed by atoms with van der Waals surface area (Å²) in [7, 11) is 0. The van der Waals surface area contributed by atoms with Crippen LogP contribution in [0.2, 0.25) is 5.02 Å². The number of hydrogen-bond donors (Lipinski definition) is 1. The molecule has 0 fully saturated rings. The zero-order chi connectivity index (χ0) is 21.1. The van der Waals surface area contributed by atoms with Crippen molar-refractivity contribution >= 4 is 45.9 Å². The summed E-state index contributed by atoms with van der Waals surface area (Å²) in [6, 6.07) is 22.2. The van der Waals surface area contributed by atoms with Crippen LogP contribution in [0.25, 0.3) is 22.2 Å². The van der Waals surface area contributed by atoms with Gasteiger partial charge in [0.15, 0.2) is 0 Å². The van der Waals surface area contributed by atoms with Crippen molar-refractivity contribution in [2.45, 2.75) is 11.4 Å². The number of nitrogens with one attached hydrogen (secondary N) is 1. The molecular formula is C23H18ClN3O2S. The SMILES string of the molecule is CSc1cccc(NC(=O)Cn2c(=O)nc(-c3ccccc3)c3cc(Cl)ccc32)c1. The molecule has 1 aromatic heterocycles. The van der Waals surface area contributed by atoms with E-state index < -0.39 is 5.69 Å². The Kier molecular flexibility index (Phi) is 5.88. The normalized spacial score (nSPS) is 10.9. The van der Waals surface area contributed by atoms with Gasteiger partial charge in [-0.3, -0.25) is 9.36 Å². The molecule has 1 heterocycles. The number of thioether (sulfide) groups is 1. The summed E-state index contributed by atoms with van der Waals surface area (Å²) in [5.41, 5.74) is 2.15. The second kappa shape index (κ2) is 8.73. The minimum atomic E-state index is -0.489. The Morgan fingerprint density at radius 1 is 1.07 bits per heavy atom. The Morgan fingerprint density at radius 2 is 1.87 bits per heavy atom. The van der Waals surface area contributed by atoms with E-state index in [1.54, 1.807) is 30.0 Å². The molecule has 0 bridgehead atoms. The van der Waals surface area contributed by atoms with Crippen molar-refractivity contribution in [3.8, 4) is 11.3 Å². The highest BCUT2D eigenvalue weighted by molar-refractivity contribution is 7.98. The highest BCUT2D eigenvalue weighted by Crippen LogP contribution is 2.27. The largest absolute Gasteiger partial charge is 0.349 e. The maximum atomic E-state index is 12.8. The molecular weight excluding hydrogens is 418 g/mol. The van der Waals surface area contributed by atoms with Gasteiger partial charge in [0.2, 0.25) is 5.91 Å². The number of carbonyl (C=O) groups excluding carboxylic acids is 1. The number of anilines is 1. The molecule has 150 valence electrons. The van der Waals surface area contributed by atoms with Gasteiger partial charge in [-0.05, 0) is 42.7 Å². The highest BCUT2D eigenvalue weighted by Gasteiger charge is 2.15. The van der Waals surface area contributed by atoms with Gasteiger partial charge < -0.3 is 5.32 Å². The van der Waals surface area contributed by atoms with Gasteiger partial charge in [-0.15, -0.1) is 11.8 Å². The first-order chi connectivity index (χ1) is 14.5. The van der Waals surface area contributed by atoms with E-state index in [1.165, 1.54) is 4.57 Å². The average molecular weight is 436 g/mol. The first kappa shape index (κ1) is 20.2. The van der Waals surface area contributed by atoms with E-state index in [0.717, 1.165) is 10.5 Å². The van der Waals surface area contributed by atoms with Gasteiger partial charge in [0.1, 0.15) is 6.54 Å². The molecule has 0 atom stereocenters. The molecule has 3 aromatic carbocycles. The van der Waals surface area contributed by atoms with Crippen molar-refractivity contribution in [2.75, 3.05) is 11.6 Å². The lowest BCUT2D eigenvalue weighted by molar-refractivity contribution is -0.116. The lowest BCUT2D eigenvalue weighted by atomic mass is 10.1. The van der Waals surface area contributed by atoms with Crippen LogP contribution in [0.15, 0.2) is 82.5 Å². The number of rotatable bonds is 5. The molecule has 0 spiro atoms. The van der Waals surface area contributed by atoms with Crippen LogP contribution in [0.5, 0.6) is 0 Å². The zero-order valence-corrected chi connectivity index (χ0v) is 17.7. The zero-order valence-electron chi connectivity index (χ0n) is 16.1. The van der Waals surface area contributed by atoms with E-state index in [4.69, 9.17) is 11.6 Å². The molecule has 4 rings (SSSR count). The van der Waals surface area contributed by atoms with E-state index in [-0.39, 0.29) is 12.5 Å². The smallest absolute Gasteiger partial charge is 0.324 e. The van der Waals surface area contributed by atoms with Gasteiger partial charge in [-0.2, -0.15) is 4.98 Å². The van der Waals surface area contributed by atoms with Crippen LogP contribution >= 0.6 is 23.4 Å². The first-order valence-electron chi connectivity index (χ1n) is 9.24. The monoisotopic (exact) mass is 435 g/mol. The molecule has 0 radical (unpaired) electrons. The second-order valence-electron chi connectivity index (χ2n) is 6.64. The number of amides is 1. The molecule has 0 aliphatic rings. The summed E-state index contributed by atoms with van der Waals surface area (Å²) in [5.74, 6) is -0.305. The molecule has 0 unspecified atom stereocenters. The van der Waals surface area contributed by atoms with Crippen LogP contribution in [0.4, 0.5) is 5.69 Å². The molecule has 0 saturated heterocycles. The van der Waals surface area contributed by atoms with Gasteiger partial charge in [0.05, 0.1) is 11.2 Å².